The summed E-state index contributed by atoms with van der Waals surface area (Å²) in [6.45, 7) is 4.95. The molecular formula is C22H31FN4O3. The lowest BCUT2D eigenvalue weighted by atomic mass is 9.84. The van der Waals surface area contributed by atoms with Gasteiger partial charge in [-0.15, -0.1) is 0 Å². The Morgan fingerprint density at radius 1 is 1.23 bits per heavy atom. The zero-order valence-corrected chi connectivity index (χ0v) is 17.6. The van der Waals surface area contributed by atoms with Gasteiger partial charge in [-0.1, -0.05) is 5.16 Å². The average Bonchev–Trinajstić information content (AvgIpc) is 3.17. The van der Waals surface area contributed by atoms with E-state index >= 15 is 0 Å². The molecule has 30 heavy (non-hydrogen) atoms. The van der Waals surface area contributed by atoms with Crippen molar-refractivity contribution < 1.29 is 18.4 Å². The van der Waals surface area contributed by atoms with Crippen LogP contribution in [0, 0.1) is 11.7 Å². The van der Waals surface area contributed by atoms with Crippen molar-refractivity contribution in [1.29, 1.82) is 0 Å². The van der Waals surface area contributed by atoms with E-state index in [2.05, 4.69) is 20.3 Å². The Bertz CT molecular complexity index is 842. The van der Waals surface area contributed by atoms with Crippen molar-refractivity contribution in [2.45, 2.75) is 38.1 Å². The maximum Gasteiger partial charge on any atom is 0.246 e. The minimum atomic E-state index is -0.265. The molecular weight excluding hydrogens is 387 g/mol. The number of amides is 1. The highest BCUT2D eigenvalue weighted by atomic mass is 19.1. The minimum absolute atomic E-state index is 0.0125. The van der Waals surface area contributed by atoms with Crippen LogP contribution in [0.2, 0.25) is 0 Å². The Morgan fingerprint density at radius 3 is 2.73 bits per heavy atom. The van der Waals surface area contributed by atoms with E-state index in [1.165, 1.54) is 31.4 Å². The molecule has 2 heterocycles. The van der Waals surface area contributed by atoms with Crippen molar-refractivity contribution in [3.05, 3.63) is 24.0 Å². The third-order valence-corrected chi connectivity index (χ3v) is 6.43. The molecule has 0 spiro atoms. The number of benzene rings is 1. The number of nitrogens with zero attached hydrogens (tertiary/aromatic N) is 3. The zero-order valence-electron chi connectivity index (χ0n) is 17.6. The van der Waals surface area contributed by atoms with Crippen molar-refractivity contribution in [3.8, 4) is 0 Å². The van der Waals surface area contributed by atoms with E-state index in [9.17, 15) is 9.18 Å². The number of rotatable bonds is 7. The standard InChI is InChI=1S/C22H31FN4O3/c1-29-15-21(28)24-18-5-2-16(3-6-18)8-9-26-10-12-27(13-11-26)22-19-14-17(23)4-7-20(19)30-25-22/h4,7,14,16,18H,2-3,5-6,8-13,15H2,1H3,(H,24,28). The van der Waals surface area contributed by atoms with Gasteiger partial charge in [-0.3, -0.25) is 9.69 Å². The summed E-state index contributed by atoms with van der Waals surface area (Å²) < 4.78 is 23.8. The Balaban J connectivity index is 1.19. The normalized spacial score (nSPS) is 23.1. The molecule has 0 radical (unpaired) electrons. The number of hydrogen-bond acceptors (Lipinski definition) is 6. The number of nitrogens with one attached hydrogen (secondary N) is 1. The van der Waals surface area contributed by atoms with E-state index in [1.807, 2.05) is 0 Å². The van der Waals surface area contributed by atoms with Crippen LogP contribution in [0.3, 0.4) is 0 Å². The van der Waals surface area contributed by atoms with Gasteiger partial charge in [0.1, 0.15) is 12.4 Å². The van der Waals surface area contributed by atoms with Crippen LogP contribution in [0.1, 0.15) is 32.1 Å². The summed E-state index contributed by atoms with van der Waals surface area (Å²) in [5.41, 5.74) is 0.628. The van der Waals surface area contributed by atoms with Crippen LogP contribution in [0.25, 0.3) is 11.0 Å². The molecule has 0 unspecified atom stereocenters. The van der Waals surface area contributed by atoms with Crippen molar-refractivity contribution >= 4 is 22.7 Å². The molecule has 0 bridgehead atoms. The van der Waals surface area contributed by atoms with Crippen LogP contribution < -0.4 is 10.2 Å². The number of hydrogen-bond donors (Lipinski definition) is 1. The molecule has 1 aliphatic carbocycles. The largest absolute Gasteiger partial charge is 0.375 e. The molecule has 2 fully saturated rings. The third kappa shape index (κ3) is 5.10. The molecule has 1 saturated carbocycles. The number of ether oxygens (including phenoxy) is 1. The van der Waals surface area contributed by atoms with Gasteiger partial charge in [0.05, 0.1) is 5.39 Å². The molecule has 0 atom stereocenters. The fourth-order valence-electron chi connectivity index (χ4n) is 4.67. The first-order chi connectivity index (χ1) is 14.6. The van der Waals surface area contributed by atoms with E-state index < -0.39 is 0 Å². The molecule has 1 aromatic carbocycles. The van der Waals surface area contributed by atoms with Gasteiger partial charge in [-0.2, -0.15) is 0 Å². The number of piperazine rings is 1. The third-order valence-electron chi connectivity index (χ3n) is 6.43. The molecule has 7 nitrogen and oxygen atoms in total. The van der Waals surface area contributed by atoms with Gasteiger partial charge in [0.2, 0.25) is 5.91 Å². The fraction of sp³-hybridized carbons (Fsp3) is 0.636. The van der Waals surface area contributed by atoms with Gasteiger partial charge < -0.3 is 19.5 Å². The summed E-state index contributed by atoms with van der Waals surface area (Å²) in [5, 5.41) is 7.98. The van der Waals surface area contributed by atoms with Crippen molar-refractivity contribution in [3.63, 3.8) is 0 Å². The van der Waals surface area contributed by atoms with Gasteiger partial charge in [0.15, 0.2) is 11.4 Å². The second kappa shape index (κ2) is 9.75. The Hall–Kier alpha value is -2.19. The lowest BCUT2D eigenvalue weighted by Crippen LogP contribution is -2.47. The number of carbonyl (C=O) groups excluding carboxylic acids is 1. The van der Waals surface area contributed by atoms with Crippen LogP contribution in [0.15, 0.2) is 22.7 Å². The van der Waals surface area contributed by atoms with E-state index in [-0.39, 0.29) is 18.3 Å². The summed E-state index contributed by atoms with van der Waals surface area (Å²) in [5.74, 6) is 1.21. The van der Waals surface area contributed by atoms with Gasteiger partial charge in [0, 0.05) is 39.3 Å². The van der Waals surface area contributed by atoms with Crippen molar-refractivity contribution in [1.82, 2.24) is 15.4 Å². The highest BCUT2D eigenvalue weighted by Crippen LogP contribution is 2.29. The number of halogens is 1. The number of methoxy groups -OCH3 is 1. The second-order valence-corrected chi connectivity index (χ2v) is 8.48. The Kier molecular flexibility index (Phi) is 6.84. The first kappa shape index (κ1) is 21.1. The Labute approximate surface area is 176 Å². The zero-order chi connectivity index (χ0) is 20.9. The minimum Gasteiger partial charge on any atom is -0.375 e. The highest BCUT2D eigenvalue weighted by Gasteiger charge is 2.25. The quantitative estimate of drug-likeness (QED) is 0.746. The molecule has 1 N–H and O–H groups in total. The molecule has 2 aliphatic rings. The highest BCUT2D eigenvalue weighted by molar-refractivity contribution is 5.88. The van der Waals surface area contributed by atoms with Gasteiger partial charge in [-0.05, 0) is 62.8 Å². The second-order valence-electron chi connectivity index (χ2n) is 8.48. The molecule has 1 aliphatic heterocycles. The average molecular weight is 419 g/mol. The van der Waals surface area contributed by atoms with Gasteiger partial charge in [-0.25, -0.2) is 4.39 Å². The molecule has 1 aromatic heterocycles. The summed E-state index contributed by atoms with van der Waals surface area (Å²) in [4.78, 5) is 16.3. The van der Waals surface area contributed by atoms with Crippen molar-refractivity contribution in [2.24, 2.45) is 5.92 Å². The maximum absolute atomic E-state index is 13.6. The number of carbonyl (C=O) groups is 1. The monoisotopic (exact) mass is 418 g/mol. The van der Waals surface area contributed by atoms with Gasteiger partial charge in [0.25, 0.3) is 0 Å². The number of aromatic nitrogens is 1. The lowest BCUT2D eigenvalue weighted by molar-refractivity contribution is -0.125. The predicted octanol–water partition coefficient (Wildman–Crippen LogP) is 2.80. The van der Waals surface area contributed by atoms with Gasteiger partial charge >= 0.3 is 0 Å². The van der Waals surface area contributed by atoms with Crippen LogP contribution in [-0.2, 0) is 9.53 Å². The SMILES string of the molecule is COCC(=O)NC1CCC(CCN2CCN(c3noc4ccc(F)cc34)CC2)CC1. The molecule has 2 aromatic rings. The topological polar surface area (TPSA) is 70.8 Å². The molecule has 1 amide bonds. The molecule has 8 heteroatoms. The Morgan fingerprint density at radius 2 is 2.00 bits per heavy atom. The van der Waals surface area contributed by atoms with Crippen LogP contribution >= 0.6 is 0 Å². The summed E-state index contributed by atoms with van der Waals surface area (Å²) in [7, 11) is 1.55. The molecule has 4 rings (SSSR count). The first-order valence-electron chi connectivity index (χ1n) is 10.9. The molecule has 1 saturated heterocycles. The fourth-order valence-corrected chi connectivity index (χ4v) is 4.67. The summed E-state index contributed by atoms with van der Waals surface area (Å²) in [6.07, 6.45) is 5.67. The number of fused-ring (bicyclic) bond motifs is 1. The first-order valence-corrected chi connectivity index (χ1v) is 10.9. The van der Waals surface area contributed by atoms with E-state index in [1.54, 1.807) is 13.2 Å². The van der Waals surface area contributed by atoms with Crippen LogP contribution in [0.5, 0.6) is 0 Å². The molecule has 164 valence electrons. The maximum atomic E-state index is 13.6. The predicted molar refractivity (Wildman–Crippen MR) is 113 cm³/mol. The summed E-state index contributed by atoms with van der Waals surface area (Å²) >= 11 is 0. The summed E-state index contributed by atoms with van der Waals surface area (Å²) in [6, 6.07) is 4.84. The van der Waals surface area contributed by atoms with E-state index in [0.29, 0.717) is 11.6 Å². The lowest BCUT2D eigenvalue weighted by Gasteiger charge is -2.36. The van der Waals surface area contributed by atoms with Crippen molar-refractivity contribution in [2.75, 3.05) is 51.3 Å². The number of anilines is 1. The van der Waals surface area contributed by atoms with E-state index in [4.69, 9.17) is 9.26 Å². The van der Waals surface area contributed by atoms with E-state index in [0.717, 1.165) is 62.7 Å². The van der Waals surface area contributed by atoms with Crippen LogP contribution in [-0.4, -0.2) is 68.4 Å². The van der Waals surface area contributed by atoms with Crippen LogP contribution in [0.4, 0.5) is 10.2 Å². The smallest absolute Gasteiger partial charge is 0.246 e.